The van der Waals surface area contributed by atoms with Crippen LogP contribution in [0.15, 0.2) is 107 Å². The number of nitrogens with zero attached hydrogens (tertiary/aromatic N) is 4. The lowest BCUT2D eigenvalue weighted by Gasteiger charge is -2.15. The van der Waals surface area contributed by atoms with E-state index >= 15 is 0 Å². The second kappa shape index (κ2) is 16.2. The molecule has 0 saturated heterocycles. The van der Waals surface area contributed by atoms with Crippen molar-refractivity contribution in [1.29, 1.82) is 0 Å². The molecular weight excluding hydrogens is 759 g/mol. The molecule has 7 rings (SSSR count). The largest absolute Gasteiger partial charge is 0.417 e. The number of benzene rings is 4. The molecule has 7 aromatic rings. The van der Waals surface area contributed by atoms with Crippen molar-refractivity contribution < 1.29 is 31.1 Å². The Morgan fingerprint density at radius 2 is 1.25 bits per heavy atom. The molecule has 0 aliphatic rings. The Morgan fingerprint density at radius 1 is 0.727 bits per heavy atom. The van der Waals surface area contributed by atoms with Gasteiger partial charge in [-0.1, -0.05) is 62.4 Å². The fourth-order valence-electron chi connectivity index (χ4n) is 5.92. The maximum Gasteiger partial charge on any atom is 0.417 e. The van der Waals surface area contributed by atoms with Crippen LogP contribution in [0.3, 0.4) is 0 Å². The van der Waals surface area contributed by atoms with Crippen LogP contribution >= 0.6 is 23.5 Å². The zero-order valence-corrected chi connectivity index (χ0v) is 31.6. The minimum Gasteiger partial charge on any atom is -0.371 e. The van der Waals surface area contributed by atoms with Gasteiger partial charge in [0.1, 0.15) is 17.2 Å². The molecule has 2 N–H and O–H groups in total. The van der Waals surface area contributed by atoms with E-state index in [1.165, 1.54) is 18.8 Å². The second-order valence-corrected chi connectivity index (χ2v) is 14.7. The molecule has 0 fully saturated rings. The number of hydrogen-bond acceptors (Lipinski definition) is 7. The summed E-state index contributed by atoms with van der Waals surface area (Å²) >= 11 is 3.18. The zero-order valence-electron chi connectivity index (χ0n) is 29.9. The number of hydrogen-bond donors (Lipinski definition) is 2. The average Bonchev–Trinajstić information content (AvgIpc) is 3.49. The number of carbonyl (C=O) groups excluding carboxylic acids is 1. The first-order valence-corrected chi connectivity index (χ1v) is 19.0. The maximum absolute atomic E-state index is 13.0. The van der Waals surface area contributed by atoms with Gasteiger partial charge in [-0.2, -0.15) is 26.3 Å². The molecule has 0 aliphatic carbocycles. The van der Waals surface area contributed by atoms with Gasteiger partial charge in [0.2, 0.25) is 0 Å². The van der Waals surface area contributed by atoms with E-state index in [2.05, 4.69) is 38.6 Å². The lowest BCUT2D eigenvalue weighted by atomic mass is 10.1. The number of nitrogens with one attached hydrogen (secondary N) is 2. The van der Waals surface area contributed by atoms with Crippen molar-refractivity contribution in [3.8, 4) is 11.4 Å². The number of alkyl halides is 6. The van der Waals surface area contributed by atoms with E-state index in [4.69, 9.17) is 0 Å². The monoisotopic (exact) mass is 792 g/mol. The summed E-state index contributed by atoms with van der Waals surface area (Å²) in [5.41, 5.74) is 0.230. The van der Waals surface area contributed by atoms with Crippen molar-refractivity contribution in [1.82, 2.24) is 19.5 Å². The van der Waals surface area contributed by atoms with Crippen LogP contribution in [0, 0.1) is 0 Å². The molecule has 284 valence electrons. The number of fused-ring (bicyclic) bond motifs is 3. The first-order chi connectivity index (χ1) is 26.2. The minimum absolute atomic E-state index is 0.0251. The predicted octanol–water partition coefficient (Wildman–Crippen LogP) is 11.6. The Hall–Kier alpha value is -5.28. The Kier molecular flexibility index (Phi) is 11.6. The molecule has 1 amide bonds. The highest BCUT2D eigenvalue weighted by molar-refractivity contribution is 7.99. The van der Waals surface area contributed by atoms with Crippen LogP contribution in [-0.2, 0) is 19.4 Å². The van der Waals surface area contributed by atoms with Crippen molar-refractivity contribution in [3.05, 3.63) is 114 Å². The number of halogens is 6. The summed E-state index contributed by atoms with van der Waals surface area (Å²) in [6, 6.07) is 25.4. The van der Waals surface area contributed by atoms with Gasteiger partial charge in [0, 0.05) is 41.8 Å². The predicted molar refractivity (Wildman–Crippen MR) is 210 cm³/mol. The van der Waals surface area contributed by atoms with E-state index < -0.39 is 29.4 Å². The lowest BCUT2D eigenvalue weighted by molar-refractivity contribution is -0.138. The van der Waals surface area contributed by atoms with E-state index in [0.29, 0.717) is 17.0 Å². The molecular formula is C40H34F6N6OS2. The standard InChI is InChI=1S/C20H18F3N3OS.C20H16F3N3S/c1-3-28-17-9-13-7-5-4-6-12(13)8-15(17)19(27)26-16-10-14(20(21,22)23)11-25-18(16)24-2;1-3-27-17-9-13-7-5-4-6-12(13)8-15(17)18-25-16-10-14(20(21,22)23)11-24-19(16)26(18)2/h4-11H,3H2,1-2H3,(H,24,25)(H,26,27);4-11H,3H2,1-2H3. The molecule has 0 atom stereocenters. The topological polar surface area (TPSA) is 84.7 Å². The molecule has 0 saturated carbocycles. The van der Waals surface area contributed by atoms with E-state index in [1.807, 2.05) is 67.6 Å². The molecule has 0 bridgehead atoms. The Morgan fingerprint density at radius 3 is 1.84 bits per heavy atom. The van der Waals surface area contributed by atoms with Crippen molar-refractivity contribution in [2.24, 2.45) is 7.05 Å². The molecule has 0 radical (unpaired) electrons. The van der Waals surface area contributed by atoms with Crippen LogP contribution in [-0.4, -0.2) is 44.0 Å². The normalized spacial score (nSPS) is 11.8. The van der Waals surface area contributed by atoms with Gasteiger partial charge in [0.05, 0.1) is 22.4 Å². The van der Waals surface area contributed by atoms with E-state index in [1.54, 1.807) is 29.4 Å². The Balaban J connectivity index is 0.000000187. The Labute approximate surface area is 321 Å². The van der Waals surface area contributed by atoms with Crippen LogP contribution in [0.25, 0.3) is 44.1 Å². The van der Waals surface area contributed by atoms with Crippen LogP contribution in [0.5, 0.6) is 0 Å². The first-order valence-electron chi connectivity index (χ1n) is 17.0. The summed E-state index contributed by atoms with van der Waals surface area (Å²) < 4.78 is 79.9. The highest BCUT2D eigenvalue weighted by atomic mass is 32.2. The minimum atomic E-state index is -4.55. The van der Waals surface area contributed by atoms with Crippen molar-refractivity contribution >= 4 is 73.6 Å². The van der Waals surface area contributed by atoms with Crippen LogP contribution in [0.4, 0.5) is 37.8 Å². The third kappa shape index (κ3) is 8.67. The SMILES string of the molecule is CCSc1cc2ccccc2cc1-c1nc2cc(C(F)(F)F)cnc2n1C.CCSc1cc2ccccc2cc1C(=O)Nc1cc(C(F)(F)F)cnc1NC. The number of aromatic nitrogens is 4. The van der Waals surface area contributed by atoms with E-state index in [9.17, 15) is 31.1 Å². The second-order valence-electron chi connectivity index (χ2n) is 12.1. The number of pyridine rings is 2. The highest BCUT2D eigenvalue weighted by Crippen LogP contribution is 2.38. The number of thioether (sulfide) groups is 2. The van der Waals surface area contributed by atoms with Gasteiger partial charge in [-0.05, 0) is 69.4 Å². The fraction of sp³-hybridized carbons (Fsp3) is 0.200. The van der Waals surface area contributed by atoms with Gasteiger partial charge >= 0.3 is 12.4 Å². The third-order valence-electron chi connectivity index (χ3n) is 8.52. The number of anilines is 2. The molecule has 0 spiro atoms. The van der Waals surface area contributed by atoms with Gasteiger partial charge in [0.15, 0.2) is 5.65 Å². The smallest absolute Gasteiger partial charge is 0.371 e. The number of rotatable bonds is 8. The fourth-order valence-corrected chi connectivity index (χ4v) is 7.57. The molecule has 55 heavy (non-hydrogen) atoms. The molecule has 0 aliphatic heterocycles. The number of imidazole rings is 1. The Bertz CT molecular complexity index is 2520. The molecule has 3 aromatic heterocycles. The van der Waals surface area contributed by atoms with Gasteiger partial charge < -0.3 is 15.2 Å². The highest BCUT2D eigenvalue weighted by Gasteiger charge is 2.33. The van der Waals surface area contributed by atoms with Crippen LogP contribution in [0.2, 0.25) is 0 Å². The first kappa shape index (κ1) is 39.4. The summed E-state index contributed by atoms with van der Waals surface area (Å²) in [7, 11) is 3.31. The maximum atomic E-state index is 13.0. The summed E-state index contributed by atoms with van der Waals surface area (Å²) in [6.07, 6.45) is -7.40. The third-order valence-corrected chi connectivity index (χ3v) is 10.4. The van der Waals surface area contributed by atoms with Crippen molar-refractivity contribution in [2.75, 3.05) is 29.2 Å². The number of amides is 1. The van der Waals surface area contributed by atoms with Gasteiger partial charge in [-0.25, -0.2) is 15.0 Å². The van der Waals surface area contributed by atoms with E-state index in [-0.39, 0.29) is 17.0 Å². The van der Waals surface area contributed by atoms with Crippen LogP contribution < -0.4 is 10.6 Å². The molecule has 4 aromatic carbocycles. The van der Waals surface area contributed by atoms with Gasteiger partial charge in [0.25, 0.3) is 5.91 Å². The summed E-state index contributed by atoms with van der Waals surface area (Å²) in [5, 5.41) is 9.33. The van der Waals surface area contributed by atoms with Gasteiger partial charge in [-0.15, -0.1) is 23.5 Å². The summed E-state index contributed by atoms with van der Waals surface area (Å²) in [5.74, 6) is 1.92. The molecule has 15 heteroatoms. The van der Waals surface area contributed by atoms with Crippen molar-refractivity contribution in [3.63, 3.8) is 0 Å². The molecule has 3 heterocycles. The lowest BCUT2D eigenvalue weighted by Crippen LogP contribution is -2.16. The van der Waals surface area contributed by atoms with Crippen LogP contribution in [0.1, 0.15) is 35.3 Å². The summed E-state index contributed by atoms with van der Waals surface area (Å²) in [6.45, 7) is 4.03. The molecule has 7 nitrogen and oxygen atoms in total. The number of aryl methyl sites for hydroxylation is 1. The van der Waals surface area contributed by atoms with E-state index in [0.717, 1.165) is 72.9 Å². The quantitative estimate of drug-likeness (QED) is 0.117. The molecule has 0 unspecified atom stereocenters. The van der Waals surface area contributed by atoms with Crippen molar-refractivity contribution in [2.45, 2.75) is 36.0 Å². The summed E-state index contributed by atoms with van der Waals surface area (Å²) in [4.78, 5) is 27.0. The van der Waals surface area contributed by atoms with Gasteiger partial charge in [-0.3, -0.25) is 4.79 Å². The average molecular weight is 793 g/mol. The zero-order chi connectivity index (χ0) is 39.5. The number of carbonyl (C=O) groups is 1.